The second-order valence-electron chi connectivity index (χ2n) is 18.3. The molecule has 3 saturated carbocycles. The van der Waals surface area contributed by atoms with Gasteiger partial charge in [-0.25, -0.2) is 18.2 Å². The van der Waals surface area contributed by atoms with Crippen LogP contribution in [-0.2, 0) is 29.1 Å². The Balaban J connectivity index is 1.07. The first-order chi connectivity index (χ1) is 31.3. The molecule has 0 unspecified atom stereocenters. The lowest BCUT2D eigenvalue weighted by molar-refractivity contribution is -0.141. The Morgan fingerprint density at radius 1 is 0.954 bits per heavy atom. The van der Waals surface area contributed by atoms with Crippen LogP contribution in [0.5, 0.6) is 17.4 Å². The van der Waals surface area contributed by atoms with Gasteiger partial charge in [-0.2, -0.15) is 9.61 Å². The van der Waals surface area contributed by atoms with Crippen LogP contribution in [0, 0.1) is 5.92 Å². The van der Waals surface area contributed by atoms with Crippen molar-refractivity contribution in [3.05, 3.63) is 60.7 Å². The summed E-state index contributed by atoms with van der Waals surface area (Å²) < 4.78 is 54.0. The van der Waals surface area contributed by atoms with Gasteiger partial charge in [0.15, 0.2) is 5.65 Å². The molecule has 0 bridgehead atoms. The molecule has 9 rings (SSSR count). The van der Waals surface area contributed by atoms with E-state index in [1.807, 2.05) is 62.4 Å². The maximum atomic E-state index is 14.9. The van der Waals surface area contributed by atoms with Gasteiger partial charge in [0.05, 0.1) is 36.1 Å². The molecule has 346 valence electrons. The molecule has 5 aliphatic rings. The van der Waals surface area contributed by atoms with Crippen LogP contribution in [0.3, 0.4) is 0 Å². The van der Waals surface area contributed by atoms with E-state index in [4.69, 9.17) is 29.0 Å². The predicted molar refractivity (Wildman–Crippen MR) is 240 cm³/mol. The Kier molecular flexibility index (Phi) is 12.4. The van der Waals surface area contributed by atoms with Crippen LogP contribution in [0.2, 0.25) is 0 Å². The Bertz CT molecular complexity index is 2610. The zero-order valence-corrected chi connectivity index (χ0v) is 37.8. The van der Waals surface area contributed by atoms with Gasteiger partial charge >= 0.3 is 6.09 Å². The SMILES string of the molecule is COc1cccc2c1nn1c(O[C@@H]3C[C@H]4C(=O)N[C@]5(C(=O)NS(=O)(=O)C6CC6)C[C@H]5C=CCCCCC[C@H](NC(=O)OC5CCCC5)C(=O)N4C3)cc(-c3ccc(OC(C)C)cc3)nc21. The van der Waals surface area contributed by atoms with Crippen LogP contribution in [0.25, 0.3) is 27.8 Å². The second kappa shape index (κ2) is 18.2. The van der Waals surface area contributed by atoms with Gasteiger partial charge in [0, 0.05) is 24.0 Å². The number of benzene rings is 2. The molecule has 4 amide bonds. The molecule has 3 aliphatic carbocycles. The molecule has 4 fully saturated rings. The molecule has 1 saturated heterocycles. The predicted octanol–water partition coefficient (Wildman–Crippen LogP) is 5.73. The van der Waals surface area contributed by atoms with Crippen molar-refractivity contribution in [1.82, 2.24) is 34.9 Å². The molecule has 2 aliphatic heterocycles. The van der Waals surface area contributed by atoms with E-state index in [9.17, 15) is 27.6 Å². The van der Waals surface area contributed by atoms with Crippen molar-refractivity contribution in [3.8, 4) is 28.6 Å². The third-order valence-corrected chi connectivity index (χ3v) is 14.9. The number of sulfonamides is 1. The Morgan fingerprint density at radius 3 is 2.46 bits per heavy atom. The topological polar surface area (TPSA) is 209 Å². The largest absolute Gasteiger partial charge is 0.494 e. The molecule has 3 N–H and O–H groups in total. The van der Waals surface area contributed by atoms with Crippen molar-refractivity contribution in [1.29, 1.82) is 0 Å². The lowest BCUT2D eigenvalue weighted by Crippen LogP contribution is -2.58. The van der Waals surface area contributed by atoms with Crippen LogP contribution >= 0.6 is 0 Å². The number of nitrogens with zero attached hydrogens (tertiary/aromatic N) is 4. The molecular formula is C47H57N7O10S. The van der Waals surface area contributed by atoms with E-state index in [-0.39, 0.29) is 37.5 Å². The number of hydrogen-bond acceptors (Lipinski definition) is 12. The summed E-state index contributed by atoms with van der Waals surface area (Å²) >= 11 is 0. The molecule has 18 heteroatoms. The minimum Gasteiger partial charge on any atom is -0.494 e. The third-order valence-electron chi connectivity index (χ3n) is 13.1. The van der Waals surface area contributed by atoms with Crippen molar-refractivity contribution in [2.75, 3.05) is 13.7 Å². The van der Waals surface area contributed by atoms with Gasteiger partial charge in [-0.05, 0) is 114 Å². The first kappa shape index (κ1) is 44.3. The highest BCUT2D eigenvalue weighted by molar-refractivity contribution is 7.91. The molecule has 0 radical (unpaired) electrons. The maximum absolute atomic E-state index is 14.9. The standard InChI is InChI=1S/C47H57N7O10S/c1-28(2)62-32-20-18-29(19-21-32)37-25-40(54-42(48-37)35-15-11-17-39(61-3)41(35)51-54)63-33-24-38-43(55)50-47(45(57)52-65(59,60)34-22-23-34)26-30(47)12-7-5-4-6-8-16-36(44(56)53(38)27-33)49-46(58)64-31-13-9-10-14-31/h7,11-12,15,17-21,25,28,30-31,33-34,36,38H,4-6,8-10,13-14,16,22-24,26-27H2,1-3H3,(H,49,58)(H,50,55)(H,52,57)/t30-,33-,36+,38+,47-/m1/s1. The van der Waals surface area contributed by atoms with Gasteiger partial charge in [0.1, 0.15) is 46.8 Å². The molecule has 65 heavy (non-hydrogen) atoms. The number of alkyl carbamates (subject to hydrolysis) is 1. The monoisotopic (exact) mass is 911 g/mol. The van der Waals surface area contributed by atoms with E-state index >= 15 is 0 Å². The smallest absolute Gasteiger partial charge is 0.408 e. The number of hydrogen-bond donors (Lipinski definition) is 3. The highest BCUT2D eigenvalue weighted by Crippen LogP contribution is 2.46. The Hall–Kier alpha value is -5.91. The van der Waals surface area contributed by atoms with E-state index in [1.54, 1.807) is 23.8 Å². The van der Waals surface area contributed by atoms with Crippen LogP contribution in [0.15, 0.2) is 60.7 Å². The van der Waals surface area contributed by atoms with E-state index in [0.29, 0.717) is 65.8 Å². The number of fused-ring (bicyclic) bond motifs is 5. The number of carbonyl (C=O) groups excluding carboxylic acids is 4. The lowest BCUT2D eigenvalue weighted by atomic mass is 10.0. The Labute approximate surface area is 378 Å². The number of methoxy groups -OCH3 is 1. The molecule has 17 nitrogen and oxygen atoms in total. The lowest BCUT2D eigenvalue weighted by Gasteiger charge is -2.30. The number of ether oxygens (including phenoxy) is 4. The van der Waals surface area contributed by atoms with Gasteiger partial charge in [0.2, 0.25) is 27.7 Å². The number of amides is 4. The molecule has 2 aromatic heterocycles. The normalized spacial score (nSPS) is 25.3. The summed E-state index contributed by atoms with van der Waals surface area (Å²) in [6.45, 7) is 3.85. The van der Waals surface area contributed by atoms with Gasteiger partial charge in [-0.15, -0.1) is 0 Å². The van der Waals surface area contributed by atoms with E-state index in [1.165, 1.54) is 4.90 Å². The molecule has 2 aromatic carbocycles. The van der Waals surface area contributed by atoms with Crippen LogP contribution in [0.4, 0.5) is 4.79 Å². The van der Waals surface area contributed by atoms with Crippen molar-refractivity contribution in [2.24, 2.45) is 5.92 Å². The van der Waals surface area contributed by atoms with E-state index in [2.05, 4.69) is 15.4 Å². The van der Waals surface area contributed by atoms with Gasteiger partial charge < -0.3 is 34.5 Å². The summed E-state index contributed by atoms with van der Waals surface area (Å²) in [5.41, 5.74) is 0.849. The molecule has 4 heterocycles. The van der Waals surface area contributed by atoms with Crippen LogP contribution in [0.1, 0.15) is 97.3 Å². The first-order valence-corrected chi connectivity index (χ1v) is 24.5. The number of allylic oxidation sites excluding steroid dienone is 1. The summed E-state index contributed by atoms with van der Waals surface area (Å²) in [5.74, 6) is -0.862. The minimum absolute atomic E-state index is 0.000111. The first-order valence-electron chi connectivity index (χ1n) is 22.9. The Morgan fingerprint density at radius 2 is 1.72 bits per heavy atom. The number of aromatic nitrogens is 3. The fourth-order valence-electron chi connectivity index (χ4n) is 9.38. The zero-order valence-electron chi connectivity index (χ0n) is 37.0. The van der Waals surface area contributed by atoms with Crippen molar-refractivity contribution < 1.29 is 46.5 Å². The summed E-state index contributed by atoms with van der Waals surface area (Å²) in [5, 5.41) is 10.7. The summed E-state index contributed by atoms with van der Waals surface area (Å²) in [7, 11) is -2.37. The fourth-order valence-corrected chi connectivity index (χ4v) is 10.7. The molecule has 5 atom stereocenters. The fraction of sp³-hybridized carbons (Fsp3) is 0.532. The summed E-state index contributed by atoms with van der Waals surface area (Å²) in [6.07, 6.45) is 9.81. The maximum Gasteiger partial charge on any atom is 0.408 e. The van der Waals surface area contributed by atoms with Crippen LogP contribution in [-0.4, -0.2) is 107 Å². The highest BCUT2D eigenvalue weighted by Gasteiger charge is 2.62. The zero-order chi connectivity index (χ0) is 45.5. The number of rotatable bonds is 11. The average molecular weight is 912 g/mol. The summed E-state index contributed by atoms with van der Waals surface area (Å²) in [6, 6.07) is 12.7. The van der Waals surface area contributed by atoms with E-state index in [0.717, 1.165) is 44.1 Å². The van der Waals surface area contributed by atoms with Gasteiger partial charge in [-0.1, -0.05) is 31.1 Å². The average Bonchev–Trinajstić information content (AvgIpc) is 4.09. The molecule has 4 aromatic rings. The van der Waals surface area contributed by atoms with E-state index < -0.39 is 68.7 Å². The van der Waals surface area contributed by atoms with Gasteiger partial charge in [0.25, 0.3) is 5.91 Å². The van der Waals surface area contributed by atoms with Gasteiger partial charge in [-0.3, -0.25) is 19.1 Å². The molecule has 0 spiro atoms. The summed E-state index contributed by atoms with van der Waals surface area (Å²) in [4.78, 5) is 63.4. The quantitative estimate of drug-likeness (QED) is 0.154. The minimum atomic E-state index is -3.93. The van der Waals surface area contributed by atoms with Crippen LogP contribution < -0.4 is 29.6 Å². The van der Waals surface area contributed by atoms with Crippen molar-refractivity contribution in [3.63, 3.8) is 0 Å². The number of nitrogens with one attached hydrogen (secondary N) is 3. The third kappa shape index (κ3) is 9.45. The number of carbonyl (C=O) groups is 4. The molecular weight excluding hydrogens is 855 g/mol. The second-order valence-corrected chi connectivity index (χ2v) is 20.2. The highest BCUT2D eigenvalue weighted by atomic mass is 32.2. The van der Waals surface area contributed by atoms with Crippen molar-refractivity contribution >= 4 is 50.4 Å². The van der Waals surface area contributed by atoms with Crippen molar-refractivity contribution in [2.45, 2.75) is 139 Å².